The van der Waals surface area contributed by atoms with Crippen molar-refractivity contribution < 1.29 is 8.42 Å². The predicted molar refractivity (Wildman–Crippen MR) is 77.9 cm³/mol. The summed E-state index contributed by atoms with van der Waals surface area (Å²) in [6, 6.07) is 10.9. The van der Waals surface area contributed by atoms with E-state index in [1.807, 2.05) is 12.1 Å². The molecule has 0 spiro atoms. The van der Waals surface area contributed by atoms with Gasteiger partial charge in [-0.2, -0.15) is 9.57 Å². The second-order valence-corrected chi connectivity index (χ2v) is 6.58. The average molecular weight is 325 g/mol. The Hall–Kier alpha value is -1.88. The van der Waals surface area contributed by atoms with E-state index in [2.05, 4.69) is 4.98 Å². The number of rotatable bonds is 5. The monoisotopic (exact) mass is 324 g/mol. The van der Waals surface area contributed by atoms with Crippen molar-refractivity contribution in [1.82, 2.24) is 13.9 Å². The van der Waals surface area contributed by atoms with Crippen molar-refractivity contribution in [2.45, 2.75) is 11.6 Å². The van der Waals surface area contributed by atoms with Gasteiger partial charge in [0, 0.05) is 13.6 Å². The molecule has 8 heteroatoms. The van der Waals surface area contributed by atoms with Crippen LogP contribution in [0.15, 0.2) is 41.7 Å². The number of nitriles is 1. The normalized spacial score (nSPS) is 11.5. The van der Waals surface area contributed by atoms with Crippen LogP contribution in [0.1, 0.15) is 5.56 Å². The maximum atomic E-state index is 12.6. The molecule has 0 aliphatic rings. The van der Waals surface area contributed by atoms with Crippen LogP contribution >= 0.6 is 11.6 Å². The number of sulfonamides is 1. The number of nitrogens with zero attached hydrogens (tertiary/aromatic N) is 4. The SMILES string of the molecule is Cn1cnc(S(=O)(=O)N(CC#N)Cc2ccccc2)c1Cl. The van der Waals surface area contributed by atoms with E-state index >= 15 is 0 Å². The largest absolute Gasteiger partial charge is 0.324 e. The summed E-state index contributed by atoms with van der Waals surface area (Å²) in [5, 5.41) is 8.67. The summed E-state index contributed by atoms with van der Waals surface area (Å²) < 4.78 is 27.6. The Labute approximate surface area is 128 Å². The molecule has 2 aromatic rings. The van der Waals surface area contributed by atoms with Gasteiger partial charge in [-0.1, -0.05) is 41.9 Å². The summed E-state index contributed by atoms with van der Waals surface area (Å²) in [6.45, 7) is -0.187. The van der Waals surface area contributed by atoms with Crippen molar-refractivity contribution in [3.05, 3.63) is 47.4 Å². The fourth-order valence-electron chi connectivity index (χ4n) is 1.78. The maximum Gasteiger partial charge on any atom is 0.264 e. The second-order valence-electron chi connectivity index (χ2n) is 4.37. The minimum absolute atomic E-state index is 0.0194. The molecule has 1 heterocycles. The first-order valence-corrected chi connectivity index (χ1v) is 7.86. The zero-order valence-corrected chi connectivity index (χ0v) is 12.8. The van der Waals surface area contributed by atoms with Crippen LogP contribution in [-0.2, 0) is 23.6 Å². The third kappa shape index (κ3) is 3.24. The lowest BCUT2D eigenvalue weighted by atomic mass is 10.2. The van der Waals surface area contributed by atoms with Gasteiger partial charge in [0.2, 0.25) is 5.03 Å². The summed E-state index contributed by atoms with van der Waals surface area (Å²) in [6.07, 6.45) is 1.32. The Bertz CT molecular complexity index is 765. The quantitative estimate of drug-likeness (QED) is 0.785. The zero-order valence-electron chi connectivity index (χ0n) is 11.3. The van der Waals surface area contributed by atoms with Crippen LogP contribution in [-0.4, -0.2) is 28.8 Å². The van der Waals surface area contributed by atoms with Crippen molar-refractivity contribution in [1.29, 1.82) is 5.26 Å². The molecule has 6 nitrogen and oxygen atoms in total. The summed E-state index contributed by atoms with van der Waals surface area (Å²) >= 11 is 5.95. The third-order valence-corrected chi connectivity index (χ3v) is 5.15. The molecule has 21 heavy (non-hydrogen) atoms. The van der Waals surface area contributed by atoms with Crippen molar-refractivity contribution >= 4 is 21.6 Å². The molecular formula is C13H13ClN4O2S. The van der Waals surface area contributed by atoms with Gasteiger partial charge in [-0.25, -0.2) is 13.4 Å². The Morgan fingerprint density at radius 1 is 1.38 bits per heavy atom. The summed E-state index contributed by atoms with van der Waals surface area (Å²) in [7, 11) is -2.33. The lowest BCUT2D eigenvalue weighted by Gasteiger charge is -2.18. The van der Waals surface area contributed by atoms with Crippen LogP contribution < -0.4 is 0 Å². The molecule has 0 bridgehead atoms. The molecule has 1 aromatic carbocycles. The highest BCUT2D eigenvalue weighted by Crippen LogP contribution is 2.23. The van der Waals surface area contributed by atoms with E-state index in [1.54, 1.807) is 31.3 Å². The molecule has 1 aromatic heterocycles. The average Bonchev–Trinajstić information content (AvgIpc) is 2.80. The Balaban J connectivity index is 2.38. The van der Waals surface area contributed by atoms with E-state index in [0.29, 0.717) is 0 Å². The summed E-state index contributed by atoms with van der Waals surface area (Å²) in [5.74, 6) is 0. The van der Waals surface area contributed by atoms with Gasteiger partial charge in [0.05, 0.1) is 12.4 Å². The fourth-order valence-corrected chi connectivity index (χ4v) is 3.49. The van der Waals surface area contributed by atoms with E-state index in [1.165, 1.54) is 10.9 Å². The van der Waals surface area contributed by atoms with E-state index in [-0.39, 0.29) is 23.3 Å². The zero-order chi connectivity index (χ0) is 15.5. The van der Waals surface area contributed by atoms with Gasteiger partial charge in [-0.15, -0.1) is 0 Å². The molecule has 110 valence electrons. The first-order valence-electron chi connectivity index (χ1n) is 6.04. The molecule has 0 saturated heterocycles. The molecule has 2 rings (SSSR count). The van der Waals surface area contributed by atoms with E-state index in [4.69, 9.17) is 16.9 Å². The number of benzene rings is 1. The molecule has 0 radical (unpaired) electrons. The van der Waals surface area contributed by atoms with Crippen molar-refractivity contribution in [2.24, 2.45) is 7.05 Å². The highest BCUT2D eigenvalue weighted by molar-refractivity contribution is 7.89. The lowest BCUT2D eigenvalue weighted by molar-refractivity contribution is 0.439. The Morgan fingerprint density at radius 2 is 2.05 bits per heavy atom. The molecule has 0 amide bonds. The molecule has 0 aliphatic heterocycles. The number of aryl methyl sites for hydroxylation is 1. The van der Waals surface area contributed by atoms with Crippen LogP contribution in [0.25, 0.3) is 0 Å². The van der Waals surface area contributed by atoms with E-state index in [9.17, 15) is 8.42 Å². The van der Waals surface area contributed by atoms with Gasteiger partial charge in [0.15, 0.2) is 0 Å². The second kappa shape index (κ2) is 6.26. The van der Waals surface area contributed by atoms with Gasteiger partial charge >= 0.3 is 0 Å². The van der Waals surface area contributed by atoms with Crippen LogP contribution in [0.3, 0.4) is 0 Å². The number of hydrogen-bond acceptors (Lipinski definition) is 4. The maximum absolute atomic E-state index is 12.6. The summed E-state index contributed by atoms with van der Waals surface area (Å²) in [4.78, 5) is 3.82. The minimum Gasteiger partial charge on any atom is -0.324 e. The fraction of sp³-hybridized carbons (Fsp3) is 0.231. The molecule has 0 aliphatic carbocycles. The molecule has 0 atom stereocenters. The van der Waals surface area contributed by atoms with Gasteiger partial charge in [0.1, 0.15) is 11.7 Å². The van der Waals surface area contributed by atoms with Crippen molar-refractivity contribution in [3.8, 4) is 6.07 Å². The smallest absolute Gasteiger partial charge is 0.264 e. The molecule has 0 unspecified atom stereocenters. The number of hydrogen-bond donors (Lipinski definition) is 0. The number of imidazole rings is 1. The predicted octanol–water partition coefficient (Wildman–Crippen LogP) is 1.79. The molecule has 0 saturated carbocycles. The van der Waals surface area contributed by atoms with Gasteiger partial charge < -0.3 is 4.57 Å². The molecule has 0 fully saturated rings. The van der Waals surface area contributed by atoms with E-state index in [0.717, 1.165) is 9.87 Å². The Kier molecular flexibility index (Phi) is 4.63. The minimum atomic E-state index is -3.92. The third-order valence-electron chi connectivity index (χ3n) is 2.87. The molecular weight excluding hydrogens is 312 g/mol. The van der Waals surface area contributed by atoms with Crippen molar-refractivity contribution in [2.75, 3.05) is 6.54 Å². The van der Waals surface area contributed by atoms with Gasteiger partial charge in [-0.3, -0.25) is 0 Å². The first kappa shape index (κ1) is 15.5. The molecule has 0 N–H and O–H groups in total. The topological polar surface area (TPSA) is 79.0 Å². The van der Waals surface area contributed by atoms with Gasteiger partial charge in [0.25, 0.3) is 10.0 Å². The van der Waals surface area contributed by atoms with Crippen LogP contribution in [0, 0.1) is 11.3 Å². The highest BCUT2D eigenvalue weighted by atomic mass is 35.5. The van der Waals surface area contributed by atoms with Crippen LogP contribution in [0.5, 0.6) is 0 Å². The first-order chi connectivity index (χ1) is 9.96. The van der Waals surface area contributed by atoms with Gasteiger partial charge in [-0.05, 0) is 5.56 Å². The summed E-state index contributed by atoms with van der Waals surface area (Å²) in [5.41, 5.74) is 0.781. The van der Waals surface area contributed by atoms with Crippen molar-refractivity contribution in [3.63, 3.8) is 0 Å². The van der Waals surface area contributed by atoms with Crippen LogP contribution in [0.2, 0.25) is 5.15 Å². The Morgan fingerprint density at radius 3 is 2.57 bits per heavy atom. The number of aromatic nitrogens is 2. The number of halogens is 1. The standard InChI is InChI=1S/C13H13ClN4O2S/c1-17-10-16-13(12(17)14)21(19,20)18(8-7-15)9-11-5-3-2-4-6-11/h2-6,10H,8-9H2,1H3. The van der Waals surface area contributed by atoms with E-state index < -0.39 is 10.0 Å². The van der Waals surface area contributed by atoms with Crippen LogP contribution in [0.4, 0.5) is 0 Å². The lowest BCUT2D eigenvalue weighted by Crippen LogP contribution is -2.31. The highest BCUT2D eigenvalue weighted by Gasteiger charge is 2.29.